The molecule has 1 aromatic carbocycles. The number of rotatable bonds is 5. The summed E-state index contributed by atoms with van der Waals surface area (Å²) in [4.78, 5) is 33.8. The standard InChI is InChI=1S/C17H21ClN4O4S/c1-3-21(17(24)14-5-4-8-22(14)27(2,25)26)10-15-19-13-9-11(18)6-7-12(13)16(23)20-15/h6-7,9,14H,3-5,8,10H2,1-2H3,(H,19,20,23). The van der Waals surface area contributed by atoms with Crippen LogP contribution in [0.1, 0.15) is 25.6 Å². The Morgan fingerprint density at radius 2 is 2.19 bits per heavy atom. The lowest BCUT2D eigenvalue weighted by atomic mass is 10.2. The summed E-state index contributed by atoms with van der Waals surface area (Å²) in [6.45, 7) is 2.59. The van der Waals surface area contributed by atoms with E-state index in [9.17, 15) is 18.0 Å². The van der Waals surface area contributed by atoms with E-state index in [4.69, 9.17) is 11.6 Å². The molecule has 1 aliphatic heterocycles. The second-order valence-corrected chi connectivity index (χ2v) is 8.93. The number of sulfonamides is 1. The van der Waals surface area contributed by atoms with E-state index >= 15 is 0 Å². The number of hydrogen-bond donors (Lipinski definition) is 1. The zero-order chi connectivity index (χ0) is 19.8. The third-order valence-corrected chi connectivity index (χ3v) is 6.19. The lowest BCUT2D eigenvalue weighted by Crippen LogP contribution is -2.47. The van der Waals surface area contributed by atoms with Crippen molar-refractivity contribution in [1.29, 1.82) is 0 Å². The number of benzene rings is 1. The van der Waals surface area contributed by atoms with Gasteiger partial charge in [0.1, 0.15) is 11.9 Å². The summed E-state index contributed by atoms with van der Waals surface area (Å²) < 4.78 is 25.1. The number of amides is 1. The van der Waals surface area contributed by atoms with Crippen LogP contribution in [-0.4, -0.2) is 58.9 Å². The maximum absolute atomic E-state index is 12.9. The highest BCUT2D eigenvalue weighted by Gasteiger charge is 2.38. The van der Waals surface area contributed by atoms with Crippen LogP contribution in [0, 0.1) is 0 Å². The third kappa shape index (κ3) is 4.15. The van der Waals surface area contributed by atoms with Gasteiger partial charge in [0, 0.05) is 18.1 Å². The molecular weight excluding hydrogens is 392 g/mol. The van der Waals surface area contributed by atoms with Crippen LogP contribution in [0.3, 0.4) is 0 Å². The van der Waals surface area contributed by atoms with Gasteiger partial charge in [-0.2, -0.15) is 4.31 Å². The van der Waals surface area contributed by atoms with Gasteiger partial charge in [-0.1, -0.05) is 11.6 Å². The maximum atomic E-state index is 12.9. The number of carbonyl (C=O) groups excluding carboxylic acids is 1. The van der Waals surface area contributed by atoms with E-state index in [1.165, 1.54) is 9.21 Å². The van der Waals surface area contributed by atoms with Crippen LogP contribution in [0.25, 0.3) is 10.9 Å². The fourth-order valence-electron chi connectivity index (χ4n) is 3.36. The number of aromatic nitrogens is 2. The molecule has 0 radical (unpaired) electrons. The van der Waals surface area contributed by atoms with E-state index in [-0.39, 0.29) is 18.0 Å². The van der Waals surface area contributed by atoms with E-state index in [1.54, 1.807) is 25.1 Å². The van der Waals surface area contributed by atoms with Crippen molar-refractivity contribution in [3.05, 3.63) is 39.4 Å². The highest BCUT2D eigenvalue weighted by Crippen LogP contribution is 2.23. The van der Waals surface area contributed by atoms with Gasteiger partial charge in [0.25, 0.3) is 5.56 Å². The monoisotopic (exact) mass is 412 g/mol. The van der Waals surface area contributed by atoms with Crippen molar-refractivity contribution in [3.63, 3.8) is 0 Å². The Morgan fingerprint density at radius 1 is 1.44 bits per heavy atom. The summed E-state index contributed by atoms with van der Waals surface area (Å²) in [5.41, 5.74) is 0.136. The summed E-state index contributed by atoms with van der Waals surface area (Å²) >= 11 is 5.97. The molecular formula is C17H21ClN4O4S. The summed E-state index contributed by atoms with van der Waals surface area (Å²) in [5, 5.41) is 0.876. The minimum Gasteiger partial charge on any atom is -0.334 e. The predicted molar refractivity (Wildman–Crippen MR) is 103 cm³/mol. The van der Waals surface area contributed by atoms with Gasteiger partial charge in [0.2, 0.25) is 15.9 Å². The Hall–Kier alpha value is -1.97. The van der Waals surface area contributed by atoms with Gasteiger partial charge in [0.15, 0.2) is 0 Å². The van der Waals surface area contributed by atoms with Crippen LogP contribution in [0.4, 0.5) is 0 Å². The zero-order valence-electron chi connectivity index (χ0n) is 15.1. The van der Waals surface area contributed by atoms with Crippen LogP contribution < -0.4 is 5.56 Å². The summed E-state index contributed by atoms with van der Waals surface area (Å²) in [5.74, 6) is 0.0446. The zero-order valence-corrected chi connectivity index (χ0v) is 16.7. The lowest BCUT2D eigenvalue weighted by Gasteiger charge is -2.28. The highest BCUT2D eigenvalue weighted by atomic mass is 35.5. The van der Waals surface area contributed by atoms with E-state index in [0.29, 0.717) is 47.7 Å². The first-order chi connectivity index (χ1) is 12.7. The van der Waals surface area contributed by atoms with Gasteiger partial charge in [-0.15, -0.1) is 0 Å². The molecule has 0 saturated carbocycles. The van der Waals surface area contributed by atoms with Crippen molar-refractivity contribution < 1.29 is 13.2 Å². The van der Waals surface area contributed by atoms with E-state index in [2.05, 4.69) is 9.97 Å². The number of halogens is 1. The number of aromatic amines is 1. The molecule has 1 aromatic heterocycles. The van der Waals surface area contributed by atoms with Crippen LogP contribution >= 0.6 is 11.6 Å². The first kappa shape index (κ1) is 19.8. The second-order valence-electron chi connectivity index (χ2n) is 6.56. The Labute approximate surface area is 162 Å². The van der Waals surface area contributed by atoms with Crippen LogP contribution in [0.15, 0.2) is 23.0 Å². The van der Waals surface area contributed by atoms with Gasteiger partial charge in [-0.05, 0) is 38.0 Å². The van der Waals surface area contributed by atoms with Crippen molar-refractivity contribution in [3.8, 4) is 0 Å². The number of nitrogens with zero attached hydrogens (tertiary/aromatic N) is 3. The molecule has 0 aliphatic carbocycles. The Balaban J connectivity index is 1.88. The van der Waals surface area contributed by atoms with Gasteiger partial charge in [-0.25, -0.2) is 13.4 Å². The topological polar surface area (TPSA) is 103 Å². The molecule has 0 spiro atoms. The van der Waals surface area contributed by atoms with Crippen molar-refractivity contribution in [2.24, 2.45) is 0 Å². The summed E-state index contributed by atoms with van der Waals surface area (Å²) in [7, 11) is -3.45. The third-order valence-electron chi connectivity index (χ3n) is 4.67. The summed E-state index contributed by atoms with van der Waals surface area (Å²) in [6, 6.07) is 4.10. The molecule has 2 aromatic rings. The SMILES string of the molecule is CCN(Cc1nc2cc(Cl)ccc2c(=O)[nH]1)C(=O)C1CCCN1S(C)(=O)=O. The fraction of sp³-hybridized carbons (Fsp3) is 0.471. The molecule has 1 amide bonds. The quantitative estimate of drug-likeness (QED) is 0.798. The van der Waals surface area contributed by atoms with Crippen molar-refractivity contribution in [2.75, 3.05) is 19.3 Å². The molecule has 0 bridgehead atoms. The molecule has 1 fully saturated rings. The smallest absolute Gasteiger partial charge is 0.258 e. The highest BCUT2D eigenvalue weighted by molar-refractivity contribution is 7.88. The number of nitrogens with one attached hydrogen (secondary N) is 1. The minimum atomic E-state index is -3.45. The average molecular weight is 413 g/mol. The molecule has 8 nitrogen and oxygen atoms in total. The molecule has 1 atom stereocenters. The fourth-order valence-corrected chi connectivity index (χ4v) is 4.64. The normalized spacial score (nSPS) is 18.1. The number of carbonyl (C=O) groups is 1. The summed E-state index contributed by atoms with van der Waals surface area (Å²) in [6.07, 6.45) is 2.24. The van der Waals surface area contributed by atoms with Gasteiger partial charge in [0.05, 0.1) is 23.7 Å². The number of hydrogen-bond acceptors (Lipinski definition) is 5. The van der Waals surface area contributed by atoms with E-state index in [0.717, 1.165) is 6.26 Å². The number of fused-ring (bicyclic) bond motifs is 1. The first-order valence-corrected chi connectivity index (χ1v) is 10.9. The second kappa shape index (κ2) is 7.57. The van der Waals surface area contributed by atoms with Gasteiger partial charge < -0.3 is 9.88 Å². The van der Waals surface area contributed by atoms with E-state index < -0.39 is 16.1 Å². The number of H-pyrrole nitrogens is 1. The van der Waals surface area contributed by atoms with Crippen LogP contribution in [0.5, 0.6) is 0 Å². The molecule has 146 valence electrons. The molecule has 27 heavy (non-hydrogen) atoms. The molecule has 1 unspecified atom stereocenters. The maximum Gasteiger partial charge on any atom is 0.258 e. The van der Waals surface area contributed by atoms with Gasteiger partial charge in [-0.3, -0.25) is 9.59 Å². The lowest BCUT2D eigenvalue weighted by molar-refractivity contribution is -0.135. The molecule has 1 aliphatic rings. The van der Waals surface area contributed by atoms with Crippen LogP contribution in [-0.2, 0) is 21.4 Å². The van der Waals surface area contributed by atoms with Gasteiger partial charge >= 0.3 is 0 Å². The van der Waals surface area contributed by atoms with Crippen molar-refractivity contribution >= 4 is 38.4 Å². The molecule has 10 heteroatoms. The molecule has 1 N–H and O–H groups in total. The Morgan fingerprint density at radius 3 is 2.85 bits per heavy atom. The molecule has 1 saturated heterocycles. The molecule has 3 rings (SSSR count). The average Bonchev–Trinajstić information content (AvgIpc) is 3.08. The van der Waals surface area contributed by atoms with Crippen molar-refractivity contribution in [2.45, 2.75) is 32.4 Å². The number of likely N-dealkylation sites (N-methyl/N-ethyl adjacent to an activating group) is 1. The van der Waals surface area contributed by atoms with Crippen LogP contribution in [0.2, 0.25) is 5.02 Å². The Kier molecular flexibility index (Phi) is 5.55. The molecule has 2 heterocycles. The van der Waals surface area contributed by atoms with E-state index in [1.807, 2.05) is 0 Å². The Bertz CT molecular complexity index is 1040. The first-order valence-electron chi connectivity index (χ1n) is 8.64. The van der Waals surface area contributed by atoms with Crippen molar-refractivity contribution in [1.82, 2.24) is 19.2 Å². The predicted octanol–water partition coefficient (Wildman–Crippen LogP) is 1.35. The largest absolute Gasteiger partial charge is 0.334 e. The minimum absolute atomic E-state index is 0.0845.